The van der Waals surface area contributed by atoms with Gasteiger partial charge in [0.15, 0.2) is 5.69 Å². The summed E-state index contributed by atoms with van der Waals surface area (Å²) in [7, 11) is 0. The van der Waals surface area contributed by atoms with E-state index in [1.165, 1.54) is 0 Å². The van der Waals surface area contributed by atoms with Crippen LogP contribution in [0, 0.1) is 0 Å². The van der Waals surface area contributed by atoms with Gasteiger partial charge in [0, 0.05) is 24.3 Å². The van der Waals surface area contributed by atoms with Crippen LogP contribution in [0.25, 0.3) is 5.69 Å². The second-order valence-corrected chi connectivity index (χ2v) is 5.87. The molecule has 1 aromatic carbocycles. The first kappa shape index (κ1) is 17.8. The average molecular weight is 362 g/mol. The number of benzene rings is 1. The van der Waals surface area contributed by atoms with E-state index in [0.717, 1.165) is 28.2 Å². The van der Waals surface area contributed by atoms with Crippen molar-refractivity contribution in [2.45, 2.75) is 25.7 Å². The van der Waals surface area contributed by atoms with Crippen LogP contribution in [0.15, 0.2) is 61.1 Å². The quantitative estimate of drug-likeness (QED) is 0.754. The van der Waals surface area contributed by atoms with Crippen molar-refractivity contribution < 1.29 is 18.0 Å². The topological polar surface area (TPSA) is 51.9 Å². The summed E-state index contributed by atoms with van der Waals surface area (Å²) in [6, 6.07) is 12.0. The molecule has 5 nitrogen and oxygen atoms in total. The Labute approximate surface area is 148 Å². The van der Waals surface area contributed by atoms with E-state index < -0.39 is 17.8 Å². The number of carbonyl (C=O) groups is 1. The molecule has 0 radical (unpaired) electrons. The lowest BCUT2D eigenvalue weighted by Gasteiger charge is -2.16. The van der Waals surface area contributed by atoms with Gasteiger partial charge < -0.3 is 9.88 Å². The number of nitrogens with one attached hydrogen (secondary N) is 1. The van der Waals surface area contributed by atoms with Crippen molar-refractivity contribution in [3.63, 3.8) is 0 Å². The minimum Gasteiger partial charge on any atom is -0.348 e. The van der Waals surface area contributed by atoms with Crippen molar-refractivity contribution in [2.24, 2.45) is 0 Å². The van der Waals surface area contributed by atoms with Crippen LogP contribution in [0.1, 0.15) is 24.2 Å². The molecule has 1 atom stereocenters. The molecule has 0 spiro atoms. The van der Waals surface area contributed by atoms with Crippen molar-refractivity contribution in [1.29, 1.82) is 0 Å². The summed E-state index contributed by atoms with van der Waals surface area (Å²) in [6.45, 7) is 1.54. The number of amides is 1. The van der Waals surface area contributed by atoms with Gasteiger partial charge in [0.1, 0.15) is 6.54 Å². The molecule has 0 saturated heterocycles. The van der Waals surface area contributed by atoms with E-state index in [4.69, 9.17) is 0 Å². The molecule has 3 aromatic rings. The summed E-state index contributed by atoms with van der Waals surface area (Å²) in [5.74, 6) is -0.416. The fraction of sp³-hybridized carbons (Fsp3) is 0.222. The Morgan fingerprint density at radius 2 is 1.88 bits per heavy atom. The second kappa shape index (κ2) is 7.07. The van der Waals surface area contributed by atoms with E-state index in [9.17, 15) is 18.0 Å². The van der Waals surface area contributed by atoms with Crippen LogP contribution in [0.4, 0.5) is 13.2 Å². The third-order valence-corrected chi connectivity index (χ3v) is 3.89. The van der Waals surface area contributed by atoms with Gasteiger partial charge in [-0.15, -0.1) is 0 Å². The van der Waals surface area contributed by atoms with Gasteiger partial charge in [-0.1, -0.05) is 12.1 Å². The Morgan fingerprint density at radius 1 is 1.15 bits per heavy atom. The van der Waals surface area contributed by atoms with Crippen molar-refractivity contribution >= 4 is 5.91 Å². The molecule has 2 aromatic heterocycles. The summed E-state index contributed by atoms with van der Waals surface area (Å²) < 4.78 is 40.6. The standard InChI is InChI=1S/C18H17F3N4O/c1-13(14-5-4-6-15(11-14)24-8-2-3-9-24)22-17(26)12-25-10-7-16(23-25)18(19,20)21/h2-11,13H,12H2,1H3,(H,22,26). The molecular weight excluding hydrogens is 345 g/mol. The maximum absolute atomic E-state index is 12.5. The van der Waals surface area contributed by atoms with Crippen molar-refractivity contribution in [3.8, 4) is 5.69 Å². The predicted octanol–water partition coefficient (Wildman–Crippen LogP) is 3.57. The molecule has 0 aliphatic rings. The van der Waals surface area contributed by atoms with E-state index >= 15 is 0 Å². The van der Waals surface area contributed by atoms with Crippen LogP contribution in [0.3, 0.4) is 0 Å². The van der Waals surface area contributed by atoms with Gasteiger partial charge >= 0.3 is 6.18 Å². The van der Waals surface area contributed by atoms with Gasteiger partial charge in [0.25, 0.3) is 0 Å². The highest BCUT2D eigenvalue weighted by atomic mass is 19.4. The van der Waals surface area contributed by atoms with Gasteiger partial charge in [-0.25, -0.2) is 0 Å². The number of nitrogens with zero attached hydrogens (tertiary/aromatic N) is 3. The van der Waals surface area contributed by atoms with Crippen LogP contribution in [0.2, 0.25) is 0 Å². The third-order valence-electron chi connectivity index (χ3n) is 3.89. The number of halogens is 3. The molecular formula is C18H17F3N4O. The predicted molar refractivity (Wildman–Crippen MR) is 89.6 cm³/mol. The fourth-order valence-electron chi connectivity index (χ4n) is 2.58. The SMILES string of the molecule is CC(NC(=O)Cn1ccc(C(F)(F)F)n1)c1cccc(-n2cccc2)c1. The molecule has 0 aliphatic heterocycles. The highest BCUT2D eigenvalue weighted by molar-refractivity contribution is 5.76. The van der Waals surface area contributed by atoms with Gasteiger partial charge in [-0.3, -0.25) is 9.48 Å². The molecule has 1 N–H and O–H groups in total. The molecule has 1 amide bonds. The average Bonchev–Trinajstić information content (AvgIpc) is 3.26. The number of carbonyl (C=O) groups excluding carboxylic acids is 1. The van der Waals surface area contributed by atoms with Crippen LogP contribution < -0.4 is 5.32 Å². The van der Waals surface area contributed by atoms with Crippen LogP contribution >= 0.6 is 0 Å². The molecule has 26 heavy (non-hydrogen) atoms. The molecule has 1 unspecified atom stereocenters. The molecule has 0 fully saturated rings. The monoisotopic (exact) mass is 362 g/mol. The Hall–Kier alpha value is -3.03. The van der Waals surface area contributed by atoms with E-state index in [0.29, 0.717) is 0 Å². The number of rotatable bonds is 5. The zero-order valence-electron chi connectivity index (χ0n) is 13.9. The summed E-state index contributed by atoms with van der Waals surface area (Å²) >= 11 is 0. The fourth-order valence-corrected chi connectivity index (χ4v) is 2.58. The first-order chi connectivity index (χ1) is 12.3. The highest BCUT2D eigenvalue weighted by Gasteiger charge is 2.33. The number of hydrogen-bond donors (Lipinski definition) is 1. The first-order valence-corrected chi connectivity index (χ1v) is 7.96. The molecule has 8 heteroatoms. The van der Waals surface area contributed by atoms with Gasteiger partial charge in [0.2, 0.25) is 5.91 Å². The lowest BCUT2D eigenvalue weighted by atomic mass is 10.1. The zero-order valence-corrected chi connectivity index (χ0v) is 13.9. The number of hydrogen-bond acceptors (Lipinski definition) is 2. The van der Waals surface area contributed by atoms with Crippen LogP contribution in [-0.4, -0.2) is 20.3 Å². The minimum atomic E-state index is -4.52. The lowest BCUT2D eigenvalue weighted by molar-refractivity contribution is -0.141. The molecule has 136 valence electrons. The first-order valence-electron chi connectivity index (χ1n) is 7.96. The molecule has 2 heterocycles. The molecule has 3 rings (SSSR count). The van der Waals surface area contributed by atoms with E-state index in [1.54, 1.807) is 0 Å². The Morgan fingerprint density at radius 3 is 2.54 bits per heavy atom. The van der Waals surface area contributed by atoms with Crippen molar-refractivity contribution in [2.75, 3.05) is 0 Å². The zero-order chi connectivity index (χ0) is 18.7. The smallest absolute Gasteiger partial charge is 0.348 e. The maximum Gasteiger partial charge on any atom is 0.435 e. The van der Waals surface area contributed by atoms with Gasteiger partial charge in [-0.2, -0.15) is 18.3 Å². The largest absolute Gasteiger partial charge is 0.435 e. The summed E-state index contributed by atoms with van der Waals surface area (Å²) in [6.07, 6.45) is 0.449. The van der Waals surface area contributed by atoms with E-state index in [2.05, 4.69) is 10.4 Å². The Kier molecular flexibility index (Phi) is 4.83. The number of aromatic nitrogens is 3. The third kappa shape index (κ3) is 4.14. The normalized spacial score (nSPS) is 12.8. The van der Waals surface area contributed by atoms with Gasteiger partial charge in [0.05, 0.1) is 6.04 Å². The maximum atomic E-state index is 12.5. The molecule has 0 aliphatic carbocycles. The highest BCUT2D eigenvalue weighted by Crippen LogP contribution is 2.27. The minimum absolute atomic E-state index is 0.280. The lowest BCUT2D eigenvalue weighted by Crippen LogP contribution is -2.30. The molecule has 0 saturated carbocycles. The van der Waals surface area contributed by atoms with Crippen molar-refractivity contribution in [3.05, 3.63) is 72.3 Å². The van der Waals surface area contributed by atoms with E-state index in [-0.39, 0.29) is 12.6 Å². The van der Waals surface area contributed by atoms with E-state index in [1.807, 2.05) is 60.3 Å². The second-order valence-electron chi connectivity index (χ2n) is 5.87. The Bertz CT molecular complexity index is 884. The summed E-state index contributed by atoms with van der Waals surface area (Å²) in [4.78, 5) is 12.1. The Balaban J connectivity index is 1.64. The number of alkyl halides is 3. The van der Waals surface area contributed by atoms with Gasteiger partial charge in [-0.05, 0) is 42.8 Å². The van der Waals surface area contributed by atoms with Crippen LogP contribution in [-0.2, 0) is 17.5 Å². The molecule has 0 bridgehead atoms. The van der Waals surface area contributed by atoms with Crippen molar-refractivity contribution in [1.82, 2.24) is 19.7 Å². The van der Waals surface area contributed by atoms with Crippen LogP contribution in [0.5, 0.6) is 0 Å². The summed E-state index contributed by atoms with van der Waals surface area (Å²) in [5.41, 5.74) is 0.828. The summed E-state index contributed by atoms with van der Waals surface area (Å²) in [5, 5.41) is 6.15.